The van der Waals surface area contributed by atoms with Crippen molar-refractivity contribution >= 4 is 35.0 Å². The molecule has 4 amide bonds. The van der Waals surface area contributed by atoms with Crippen LogP contribution in [0.1, 0.15) is 80.2 Å². The van der Waals surface area contributed by atoms with E-state index in [1.165, 1.54) is 5.01 Å². The van der Waals surface area contributed by atoms with Gasteiger partial charge in [-0.05, 0) is 59.6 Å². The van der Waals surface area contributed by atoms with Gasteiger partial charge in [0.1, 0.15) is 0 Å². The predicted molar refractivity (Wildman–Crippen MR) is 211 cm³/mol. The highest BCUT2D eigenvalue weighted by atomic mass is 16.5. The fraction of sp³-hybridized carbons (Fsp3) is 0.550. The van der Waals surface area contributed by atoms with E-state index in [0.717, 1.165) is 0 Å². The van der Waals surface area contributed by atoms with Crippen LogP contribution in [0.3, 0.4) is 0 Å². The van der Waals surface area contributed by atoms with Gasteiger partial charge in [0.25, 0.3) is 0 Å². The largest absolute Gasteiger partial charge is 0.396 e. The molecule has 1 aromatic carbocycles. The molecule has 0 saturated heterocycles. The number of allylic oxidation sites excluding steroid dienone is 1. The summed E-state index contributed by atoms with van der Waals surface area (Å²) in [4.78, 5) is 52.9. The van der Waals surface area contributed by atoms with Crippen molar-refractivity contribution in [3.8, 4) is 0 Å². The third kappa shape index (κ3) is 12.3. The molecule has 0 spiro atoms. The molecule has 0 aliphatic carbocycles. The molecule has 53 heavy (non-hydrogen) atoms. The maximum absolute atomic E-state index is 13.9. The summed E-state index contributed by atoms with van der Waals surface area (Å²) in [7, 11) is 3.19. The van der Waals surface area contributed by atoms with Crippen molar-refractivity contribution in [2.45, 2.75) is 85.9 Å². The lowest BCUT2D eigenvalue weighted by Crippen LogP contribution is -2.48. The van der Waals surface area contributed by atoms with Crippen molar-refractivity contribution in [1.82, 2.24) is 21.0 Å². The van der Waals surface area contributed by atoms with Crippen LogP contribution in [0.2, 0.25) is 0 Å². The number of para-hydroxylation sites is 1. The molecular weight excluding hydrogens is 674 g/mol. The van der Waals surface area contributed by atoms with Crippen LogP contribution in [-0.4, -0.2) is 86.8 Å². The second kappa shape index (κ2) is 18.5. The Morgan fingerprint density at radius 2 is 1.51 bits per heavy atom. The second-order valence-electron chi connectivity index (χ2n) is 15.8. The summed E-state index contributed by atoms with van der Waals surface area (Å²) in [5.41, 5.74) is 7.24. The first-order chi connectivity index (χ1) is 24.6. The van der Waals surface area contributed by atoms with Gasteiger partial charge in [0.05, 0.1) is 59.8 Å². The minimum Gasteiger partial charge on any atom is -0.396 e. The average molecular weight is 738 g/mol. The van der Waals surface area contributed by atoms with E-state index in [4.69, 9.17) is 21.1 Å². The van der Waals surface area contributed by atoms with Crippen LogP contribution >= 0.6 is 0 Å². The average Bonchev–Trinajstić information content (AvgIpc) is 3.08. The fourth-order valence-electron chi connectivity index (χ4n) is 5.93. The second-order valence-corrected chi connectivity index (χ2v) is 15.8. The highest BCUT2D eigenvalue weighted by molar-refractivity contribution is 5.98. The zero-order valence-corrected chi connectivity index (χ0v) is 33.5. The maximum atomic E-state index is 13.9. The number of amides is 4. The first kappa shape index (κ1) is 44.7. The van der Waals surface area contributed by atoms with Crippen LogP contribution in [0.5, 0.6) is 0 Å². The molecule has 0 fully saturated rings. The van der Waals surface area contributed by atoms with E-state index in [-0.39, 0.29) is 62.7 Å². The molecular formula is C40H63N7O6. The van der Waals surface area contributed by atoms with Crippen LogP contribution < -0.4 is 32.4 Å². The van der Waals surface area contributed by atoms with E-state index in [2.05, 4.69) is 29.1 Å². The van der Waals surface area contributed by atoms with Gasteiger partial charge in [-0.15, -0.1) is 0 Å². The molecule has 1 aliphatic rings. The van der Waals surface area contributed by atoms with Gasteiger partial charge in [-0.3, -0.25) is 19.2 Å². The molecule has 0 bridgehead atoms. The lowest BCUT2D eigenvalue weighted by Gasteiger charge is -2.37. The number of nitrogens with one attached hydrogen (secondary N) is 3. The number of anilines is 1. The van der Waals surface area contributed by atoms with Crippen molar-refractivity contribution in [2.75, 3.05) is 51.8 Å². The molecule has 0 saturated carbocycles. The van der Waals surface area contributed by atoms with Gasteiger partial charge in [-0.1, -0.05) is 57.4 Å². The number of hydrogen-bond donors (Lipinski definition) is 5. The molecule has 13 nitrogen and oxygen atoms in total. The number of rotatable bonds is 19. The van der Waals surface area contributed by atoms with Crippen LogP contribution in [0.25, 0.3) is 5.70 Å². The van der Waals surface area contributed by atoms with Crippen molar-refractivity contribution in [2.24, 2.45) is 22.4 Å². The number of carbonyl (C=O) groups excluding carboxylic acids is 4. The van der Waals surface area contributed by atoms with Crippen LogP contribution in [0, 0.1) is 10.8 Å². The SMILES string of the molecule is C=C/C1=C(C=C)/C(N(N)CC(C)(C)OCC(C)(C)C(=O)NC)=C(/N)c2ccccc2N(C(=O)CCNC(=O)CC(C)(C)OCCC(C)(C)C(=O)NC)C1. The van der Waals surface area contributed by atoms with Gasteiger partial charge >= 0.3 is 0 Å². The number of fused-ring (bicyclic) bond motifs is 1. The van der Waals surface area contributed by atoms with E-state index in [1.807, 2.05) is 79.7 Å². The third-order valence-electron chi connectivity index (χ3n) is 9.23. The van der Waals surface area contributed by atoms with Crippen LogP contribution in [0.4, 0.5) is 5.69 Å². The molecule has 1 heterocycles. The van der Waals surface area contributed by atoms with Crippen molar-refractivity contribution < 1.29 is 28.7 Å². The lowest BCUT2D eigenvalue weighted by atomic mass is 9.88. The number of hydrazine groups is 1. The van der Waals surface area contributed by atoms with E-state index >= 15 is 0 Å². The summed E-state index contributed by atoms with van der Waals surface area (Å²) < 4.78 is 12.2. The van der Waals surface area contributed by atoms with E-state index in [0.29, 0.717) is 46.8 Å². The van der Waals surface area contributed by atoms with Gasteiger partial charge in [0, 0.05) is 50.2 Å². The molecule has 7 N–H and O–H groups in total. The number of nitrogens with two attached hydrogens (primary N) is 2. The number of carbonyl (C=O) groups is 4. The molecule has 0 unspecified atom stereocenters. The highest BCUT2D eigenvalue weighted by Crippen LogP contribution is 2.36. The normalized spacial score (nSPS) is 16.8. The monoisotopic (exact) mass is 737 g/mol. The Balaban J connectivity index is 2.27. The molecule has 2 rings (SSSR count). The molecule has 0 aromatic heterocycles. The first-order valence-electron chi connectivity index (χ1n) is 18.0. The number of benzene rings is 1. The standard InChI is InChI=1S/C40H63N7O6/c1-13-27-24-46(32(49)19-21-45-31(48)23-39(7,8)52-22-20-37(3,4)35(50)43-11)30-18-16-15-17-29(30)33(41)34(28(27)14-2)47(42)25-40(9,10)53-26-38(5,6)36(51)44-12/h13-18H,1-2,19-26,41-42H2,3-12H3,(H,43,50)(H,44,51)(H,45,48)/b28-27-,34-33-. The Morgan fingerprint density at radius 3 is 2.09 bits per heavy atom. The summed E-state index contributed by atoms with van der Waals surface area (Å²) in [6, 6.07) is 7.30. The molecule has 1 aromatic rings. The maximum Gasteiger partial charge on any atom is 0.229 e. The number of hydrogen-bond acceptors (Lipinski definition) is 9. The Kier molecular flexibility index (Phi) is 15.6. The van der Waals surface area contributed by atoms with Gasteiger partial charge in [-0.25, -0.2) is 5.84 Å². The van der Waals surface area contributed by atoms with E-state index in [1.54, 1.807) is 31.1 Å². The zero-order valence-electron chi connectivity index (χ0n) is 33.5. The minimum atomic E-state index is -0.798. The van der Waals surface area contributed by atoms with Crippen molar-refractivity contribution in [3.63, 3.8) is 0 Å². The van der Waals surface area contributed by atoms with Gasteiger partial charge < -0.3 is 41.1 Å². The molecule has 0 radical (unpaired) electrons. The van der Waals surface area contributed by atoms with Crippen molar-refractivity contribution in [1.29, 1.82) is 0 Å². The van der Waals surface area contributed by atoms with Crippen LogP contribution in [-0.2, 0) is 28.7 Å². The summed E-state index contributed by atoms with van der Waals surface area (Å²) in [5.74, 6) is 6.07. The summed E-state index contributed by atoms with van der Waals surface area (Å²) in [5, 5.41) is 9.70. The summed E-state index contributed by atoms with van der Waals surface area (Å²) in [6.45, 7) is 23.7. The summed E-state index contributed by atoms with van der Waals surface area (Å²) >= 11 is 0. The number of ether oxygens (including phenoxy) is 2. The smallest absolute Gasteiger partial charge is 0.229 e. The Morgan fingerprint density at radius 1 is 0.906 bits per heavy atom. The van der Waals surface area contributed by atoms with Crippen LogP contribution in [0.15, 0.2) is 66.4 Å². The predicted octanol–water partition coefficient (Wildman–Crippen LogP) is 3.93. The van der Waals surface area contributed by atoms with Gasteiger partial charge in [-0.2, -0.15) is 0 Å². The lowest BCUT2D eigenvalue weighted by molar-refractivity contribution is -0.137. The third-order valence-corrected chi connectivity index (χ3v) is 9.23. The quantitative estimate of drug-likeness (QED) is 0.104. The van der Waals surface area contributed by atoms with Gasteiger partial charge in [0.15, 0.2) is 0 Å². The summed E-state index contributed by atoms with van der Waals surface area (Å²) in [6.07, 6.45) is 3.88. The molecule has 0 atom stereocenters. The fourth-order valence-corrected chi connectivity index (χ4v) is 5.93. The van der Waals surface area contributed by atoms with Crippen molar-refractivity contribution in [3.05, 3.63) is 72.0 Å². The Labute approximate surface area is 316 Å². The Hall–Kier alpha value is -4.46. The van der Waals surface area contributed by atoms with Gasteiger partial charge in [0.2, 0.25) is 23.6 Å². The highest BCUT2D eigenvalue weighted by Gasteiger charge is 2.34. The number of nitrogens with zero attached hydrogens (tertiary/aromatic N) is 2. The first-order valence-corrected chi connectivity index (χ1v) is 18.0. The molecule has 294 valence electrons. The zero-order chi connectivity index (χ0) is 40.4. The van der Waals surface area contributed by atoms with E-state index in [9.17, 15) is 19.2 Å². The molecule has 1 aliphatic heterocycles. The molecule has 13 heteroatoms. The Bertz CT molecular complexity index is 1590. The topological polar surface area (TPSA) is 181 Å². The van der Waals surface area contributed by atoms with E-state index < -0.39 is 22.0 Å². The minimum absolute atomic E-state index is 0.0208.